The van der Waals surface area contributed by atoms with Gasteiger partial charge < -0.3 is 0 Å². The molecule has 1 aromatic carbocycles. The Morgan fingerprint density at radius 1 is 1.37 bits per heavy atom. The summed E-state index contributed by atoms with van der Waals surface area (Å²) < 4.78 is 28.6. The van der Waals surface area contributed by atoms with Crippen LogP contribution in [-0.4, -0.2) is 9.78 Å². The van der Waals surface area contributed by atoms with Crippen molar-refractivity contribution in [3.63, 3.8) is 0 Å². The van der Waals surface area contributed by atoms with Gasteiger partial charge in [0.25, 0.3) is 0 Å². The monoisotopic (exact) mass is 266 g/mol. The number of hydrazine groups is 1. The van der Waals surface area contributed by atoms with E-state index >= 15 is 0 Å². The van der Waals surface area contributed by atoms with E-state index in [1.165, 1.54) is 6.07 Å². The van der Waals surface area contributed by atoms with Gasteiger partial charge in [0.1, 0.15) is 0 Å². The lowest BCUT2D eigenvalue weighted by Gasteiger charge is -2.17. The number of nitrogens with one attached hydrogen (secondary N) is 1. The molecule has 1 atom stereocenters. The zero-order valence-corrected chi connectivity index (χ0v) is 10.6. The maximum absolute atomic E-state index is 13.7. The second kappa shape index (κ2) is 5.90. The molecule has 1 heterocycles. The number of hydrogen-bond donors (Lipinski definition) is 2. The van der Waals surface area contributed by atoms with Gasteiger partial charge in [-0.3, -0.25) is 16.0 Å². The molecule has 3 N–H and O–H groups in total. The van der Waals surface area contributed by atoms with Crippen molar-refractivity contribution in [3.05, 3.63) is 53.4 Å². The lowest BCUT2D eigenvalue weighted by atomic mass is 10.0. The Balaban J connectivity index is 2.27. The fourth-order valence-corrected chi connectivity index (χ4v) is 2.08. The lowest BCUT2D eigenvalue weighted by Crippen LogP contribution is -2.31. The second-order valence-electron chi connectivity index (χ2n) is 4.21. The molecule has 1 aromatic heterocycles. The molecule has 0 radical (unpaired) electrons. The van der Waals surface area contributed by atoms with Crippen molar-refractivity contribution in [3.8, 4) is 0 Å². The smallest absolute Gasteiger partial charge is 0.162 e. The highest BCUT2D eigenvalue weighted by atomic mass is 19.2. The molecule has 0 saturated heterocycles. The summed E-state index contributed by atoms with van der Waals surface area (Å²) >= 11 is 0. The molecule has 0 aliphatic carbocycles. The molecule has 4 nitrogen and oxygen atoms in total. The van der Waals surface area contributed by atoms with Crippen LogP contribution in [0.15, 0.2) is 30.5 Å². The standard InChI is InChI=1S/C13H16F2N4/c1-2-19-12(6-7-17-19)11(18-16)8-9-4-3-5-10(14)13(9)15/h3-7,11,18H,2,8,16H2,1H3. The van der Waals surface area contributed by atoms with Crippen molar-refractivity contribution in [2.75, 3.05) is 0 Å². The molecule has 102 valence electrons. The first-order valence-corrected chi connectivity index (χ1v) is 6.08. The zero-order chi connectivity index (χ0) is 13.8. The first kappa shape index (κ1) is 13.6. The third kappa shape index (κ3) is 2.80. The van der Waals surface area contributed by atoms with Gasteiger partial charge in [-0.15, -0.1) is 0 Å². The molecule has 0 fully saturated rings. The highest BCUT2D eigenvalue weighted by Gasteiger charge is 2.18. The fourth-order valence-electron chi connectivity index (χ4n) is 2.08. The van der Waals surface area contributed by atoms with Gasteiger partial charge in [0, 0.05) is 12.7 Å². The minimum absolute atomic E-state index is 0.256. The molecular weight excluding hydrogens is 250 g/mol. The van der Waals surface area contributed by atoms with E-state index in [-0.39, 0.29) is 18.0 Å². The van der Waals surface area contributed by atoms with Crippen LogP contribution in [0.3, 0.4) is 0 Å². The van der Waals surface area contributed by atoms with Gasteiger partial charge in [0.05, 0.1) is 11.7 Å². The van der Waals surface area contributed by atoms with Crippen molar-refractivity contribution in [1.29, 1.82) is 0 Å². The summed E-state index contributed by atoms with van der Waals surface area (Å²) in [6.45, 7) is 2.64. The van der Waals surface area contributed by atoms with Crippen molar-refractivity contribution in [2.24, 2.45) is 5.84 Å². The average molecular weight is 266 g/mol. The first-order valence-electron chi connectivity index (χ1n) is 6.08. The number of benzene rings is 1. The van der Waals surface area contributed by atoms with Crippen LogP contribution in [0, 0.1) is 11.6 Å². The van der Waals surface area contributed by atoms with Gasteiger partial charge in [0.15, 0.2) is 11.6 Å². The molecule has 0 aliphatic heterocycles. The lowest BCUT2D eigenvalue weighted by molar-refractivity contribution is 0.462. The Hall–Kier alpha value is -1.79. The maximum atomic E-state index is 13.7. The number of aromatic nitrogens is 2. The fraction of sp³-hybridized carbons (Fsp3) is 0.308. The molecule has 0 amide bonds. The zero-order valence-electron chi connectivity index (χ0n) is 10.6. The number of nitrogens with zero attached hydrogens (tertiary/aromatic N) is 2. The van der Waals surface area contributed by atoms with Crippen LogP contribution in [0.2, 0.25) is 0 Å². The minimum atomic E-state index is -0.850. The Morgan fingerprint density at radius 3 is 2.84 bits per heavy atom. The van der Waals surface area contributed by atoms with Gasteiger partial charge in [-0.25, -0.2) is 8.78 Å². The first-order chi connectivity index (χ1) is 9.17. The highest BCUT2D eigenvalue weighted by molar-refractivity contribution is 5.22. The Labute approximate surface area is 110 Å². The van der Waals surface area contributed by atoms with Gasteiger partial charge in [0.2, 0.25) is 0 Å². The van der Waals surface area contributed by atoms with Gasteiger partial charge >= 0.3 is 0 Å². The van der Waals surface area contributed by atoms with Crippen LogP contribution in [0.25, 0.3) is 0 Å². The van der Waals surface area contributed by atoms with Gasteiger partial charge in [-0.05, 0) is 31.0 Å². The van der Waals surface area contributed by atoms with Crippen LogP contribution in [0.1, 0.15) is 24.2 Å². The Bertz CT molecular complexity index is 553. The van der Waals surface area contributed by atoms with E-state index < -0.39 is 11.6 Å². The summed E-state index contributed by atoms with van der Waals surface area (Å²) in [5, 5.41) is 4.14. The van der Waals surface area contributed by atoms with Crippen LogP contribution < -0.4 is 11.3 Å². The third-order valence-electron chi connectivity index (χ3n) is 3.06. The number of nitrogens with two attached hydrogens (primary N) is 1. The molecule has 19 heavy (non-hydrogen) atoms. The van der Waals surface area contributed by atoms with Crippen molar-refractivity contribution in [2.45, 2.75) is 25.9 Å². The summed E-state index contributed by atoms with van der Waals surface area (Å²) in [7, 11) is 0. The van der Waals surface area contributed by atoms with Crippen LogP contribution in [-0.2, 0) is 13.0 Å². The summed E-state index contributed by atoms with van der Waals surface area (Å²) in [5.41, 5.74) is 3.75. The molecule has 2 aromatic rings. The Morgan fingerprint density at radius 2 is 2.16 bits per heavy atom. The Kier molecular flexibility index (Phi) is 4.24. The summed E-state index contributed by atoms with van der Waals surface area (Å²) in [6, 6.07) is 5.62. The van der Waals surface area contributed by atoms with Gasteiger partial charge in [-0.1, -0.05) is 12.1 Å². The van der Waals surface area contributed by atoms with E-state index in [2.05, 4.69) is 10.5 Å². The summed E-state index contributed by atoms with van der Waals surface area (Å²) in [4.78, 5) is 0. The molecular formula is C13H16F2N4. The van der Waals surface area contributed by atoms with E-state index in [0.29, 0.717) is 6.54 Å². The minimum Gasteiger partial charge on any atom is -0.271 e. The maximum Gasteiger partial charge on any atom is 0.162 e. The molecule has 0 aliphatic rings. The number of rotatable bonds is 5. The second-order valence-corrected chi connectivity index (χ2v) is 4.21. The molecule has 2 rings (SSSR count). The molecule has 0 spiro atoms. The normalized spacial score (nSPS) is 12.6. The largest absolute Gasteiger partial charge is 0.271 e. The molecule has 0 saturated carbocycles. The molecule has 6 heteroatoms. The summed E-state index contributed by atoms with van der Waals surface area (Å²) in [6.07, 6.45) is 1.91. The van der Waals surface area contributed by atoms with Crippen molar-refractivity contribution < 1.29 is 8.78 Å². The van der Waals surface area contributed by atoms with E-state index in [1.807, 2.05) is 13.0 Å². The molecule has 1 unspecified atom stereocenters. The predicted octanol–water partition coefficient (Wildman–Crippen LogP) is 1.93. The third-order valence-corrected chi connectivity index (χ3v) is 3.06. The molecule has 0 bridgehead atoms. The van der Waals surface area contributed by atoms with E-state index in [4.69, 9.17) is 5.84 Å². The van der Waals surface area contributed by atoms with E-state index in [0.717, 1.165) is 11.8 Å². The van der Waals surface area contributed by atoms with Crippen molar-refractivity contribution in [1.82, 2.24) is 15.2 Å². The topological polar surface area (TPSA) is 55.9 Å². The number of hydrogen-bond acceptors (Lipinski definition) is 3. The van der Waals surface area contributed by atoms with Crippen LogP contribution >= 0.6 is 0 Å². The van der Waals surface area contributed by atoms with Crippen LogP contribution in [0.4, 0.5) is 8.78 Å². The summed E-state index contributed by atoms with van der Waals surface area (Å²) in [5.74, 6) is 3.84. The van der Waals surface area contributed by atoms with E-state index in [9.17, 15) is 8.78 Å². The number of aryl methyl sites for hydroxylation is 1. The van der Waals surface area contributed by atoms with E-state index in [1.54, 1.807) is 16.9 Å². The van der Waals surface area contributed by atoms with Crippen molar-refractivity contribution >= 4 is 0 Å². The SMILES string of the molecule is CCn1nccc1C(Cc1cccc(F)c1F)NN. The number of halogens is 2. The quantitative estimate of drug-likeness (QED) is 0.642. The predicted molar refractivity (Wildman–Crippen MR) is 68.0 cm³/mol. The van der Waals surface area contributed by atoms with Crippen LogP contribution in [0.5, 0.6) is 0 Å². The van der Waals surface area contributed by atoms with Gasteiger partial charge in [-0.2, -0.15) is 5.10 Å². The highest BCUT2D eigenvalue weighted by Crippen LogP contribution is 2.20. The average Bonchev–Trinajstić information content (AvgIpc) is 2.88.